The summed E-state index contributed by atoms with van der Waals surface area (Å²) in [7, 11) is 0. The fourth-order valence-corrected chi connectivity index (χ4v) is 5.95. The Morgan fingerprint density at radius 3 is 2.13 bits per heavy atom. The molecule has 0 spiro atoms. The molecule has 2 fully saturated rings. The van der Waals surface area contributed by atoms with Gasteiger partial charge in [-0.2, -0.15) is 0 Å². The molecule has 2 aromatic carbocycles. The second-order valence-electron chi connectivity index (χ2n) is 8.83. The highest BCUT2D eigenvalue weighted by Gasteiger charge is 2.54. The smallest absolute Gasteiger partial charge is 0.407 e. The molecule has 0 aliphatic heterocycles. The minimum atomic E-state index is -0.804. The number of ether oxygens (including phenoxy) is 1. The van der Waals surface area contributed by atoms with E-state index in [1.165, 1.54) is 22.3 Å². The van der Waals surface area contributed by atoms with E-state index < -0.39 is 18.0 Å². The van der Waals surface area contributed by atoms with Gasteiger partial charge in [0, 0.05) is 12.0 Å². The molecule has 0 unspecified atom stereocenters. The van der Waals surface area contributed by atoms with E-state index in [1.54, 1.807) is 0 Å². The molecule has 156 valence electrons. The van der Waals surface area contributed by atoms with E-state index in [4.69, 9.17) is 4.74 Å². The molecule has 5 heteroatoms. The van der Waals surface area contributed by atoms with Crippen LogP contribution in [0.1, 0.15) is 49.1 Å². The van der Waals surface area contributed by atoms with E-state index >= 15 is 0 Å². The number of alkyl carbamates (subject to hydrolysis) is 1. The van der Waals surface area contributed by atoms with E-state index in [0.717, 1.165) is 32.1 Å². The molecule has 5 nitrogen and oxygen atoms in total. The monoisotopic (exact) mass is 405 g/mol. The summed E-state index contributed by atoms with van der Waals surface area (Å²) >= 11 is 0. The number of carbonyl (C=O) groups is 2. The molecule has 0 bridgehead atoms. The lowest BCUT2D eigenvalue weighted by Crippen LogP contribution is -2.62. The maximum Gasteiger partial charge on any atom is 0.407 e. The highest BCUT2D eigenvalue weighted by atomic mass is 16.5. The molecule has 0 saturated heterocycles. The van der Waals surface area contributed by atoms with Crippen molar-refractivity contribution >= 4 is 12.1 Å². The quantitative estimate of drug-likeness (QED) is 0.766. The topological polar surface area (TPSA) is 75.6 Å². The van der Waals surface area contributed by atoms with Crippen LogP contribution in [0.5, 0.6) is 0 Å². The van der Waals surface area contributed by atoms with Crippen LogP contribution in [0.4, 0.5) is 4.79 Å². The molecule has 0 radical (unpaired) electrons. The van der Waals surface area contributed by atoms with Gasteiger partial charge in [-0.1, -0.05) is 67.8 Å². The van der Waals surface area contributed by atoms with Gasteiger partial charge in [0.25, 0.3) is 0 Å². The van der Waals surface area contributed by atoms with Crippen LogP contribution in [0.2, 0.25) is 0 Å². The summed E-state index contributed by atoms with van der Waals surface area (Å²) in [5.74, 6) is -0.848. The number of carboxylic acids is 1. The van der Waals surface area contributed by atoms with Gasteiger partial charge < -0.3 is 15.2 Å². The summed E-state index contributed by atoms with van der Waals surface area (Å²) in [6.07, 6.45) is 4.78. The van der Waals surface area contributed by atoms with Crippen molar-refractivity contribution in [3.63, 3.8) is 0 Å². The van der Waals surface area contributed by atoms with Crippen LogP contribution >= 0.6 is 0 Å². The Morgan fingerprint density at radius 1 is 0.900 bits per heavy atom. The third-order valence-corrected chi connectivity index (χ3v) is 7.35. The second kappa shape index (κ2) is 7.78. The van der Waals surface area contributed by atoms with E-state index in [-0.39, 0.29) is 30.4 Å². The SMILES string of the molecule is O=C(N[C@@H]1[C@@H]2CCCCC[C@@H]2[C@@H]1C(=O)O)OCC1c2ccccc2-c2ccccc21. The van der Waals surface area contributed by atoms with E-state index in [2.05, 4.69) is 29.6 Å². The highest BCUT2D eigenvalue weighted by molar-refractivity contribution is 5.79. The van der Waals surface area contributed by atoms with Gasteiger partial charge in [-0.05, 0) is 46.9 Å². The van der Waals surface area contributed by atoms with Gasteiger partial charge in [0.2, 0.25) is 0 Å². The molecular formula is C25H27NO4. The fraction of sp³-hybridized carbons (Fsp3) is 0.440. The molecule has 0 aromatic heterocycles. The summed E-state index contributed by atoms with van der Waals surface area (Å²) in [5, 5.41) is 12.6. The van der Waals surface area contributed by atoms with Crippen LogP contribution in [0, 0.1) is 17.8 Å². The third-order valence-electron chi connectivity index (χ3n) is 7.35. The number of hydrogen-bond acceptors (Lipinski definition) is 3. The predicted molar refractivity (Wildman–Crippen MR) is 113 cm³/mol. The van der Waals surface area contributed by atoms with Crippen molar-refractivity contribution in [1.29, 1.82) is 0 Å². The zero-order chi connectivity index (χ0) is 20.7. The predicted octanol–water partition coefficient (Wildman–Crippen LogP) is 4.80. The molecule has 0 heterocycles. The van der Waals surface area contributed by atoms with Crippen molar-refractivity contribution in [2.75, 3.05) is 6.61 Å². The van der Waals surface area contributed by atoms with Gasteiger partial charge in [-0.3, -0.25) is 4.79 Å². The average Bonchev–Trinajstić information content (AvgIpc) is 2.91. The summed E-state index contributed by atoms with van der Waals surface area (Å²) in [4.78, 5) is 24.4. The zero-order valence-corrected chi connectivity index (χ0v) is 16.9. The summed E-state index contributed by atoms with van der Waals surface area (Å²) in [6, 6.07) is 16.1. The molecule has 3 aliphatic rings. The van der Waals surface area contributed by atoms with Crippen molar-refractivity contribution < 1.29 is 19.4 Å². The van der Waals surface area contributed by atoms with Crippen molar-refractivity contribution in [1.82, 2.24) is 5.32 Å². The number of benzene rings is 2. The Kier molecular flexibility index (Phi) is 4.97. The Labute approximate surface area is 176 Å². The van der Waals surface area contributed by atoms with Crippen molar-refractivity contribution in [2.24, 2.45) is 17.8 Å². The van der Waals surface area contributed by atoms with Gasteiger partial charge in [-0.15, -0.1) is 0 Å². The van der Waals surface area contributed by atoms with Crippen LogP contribution in [0.15, 0.2) is 48.5 Å². The molecule has 2 aromatic rings. The van der Waals surface area contributed by atoms with Gasteiger partial charge in [-0.25, -0.2) is 4.79 Å². The van der Waals surface area contributed by atoms with E-state index in [0.29, 0.717) is 0 Å². The minimum absolute atomic E-state index is 0.00504. The molecule has 1 amide bonds. The van der Waals surface area contributed by atoms with E-state index in [1.807, 2.05) is 24.3 Å². The lowest BCUT2D eigenvalue weighted by atomic mass is 9.58. The van der Waals surface area contributed by atoms with Crippen LogP contribution in [0.3, 0.4) is 0 Å². The number of nitrogens with one attached hydrogen (secondary N) is 1. The Balaban J connectivity index is 1.27. The van der Waals surface area contributed by atoms with Crippen LogP contribution in [0.25, 0.3) is 11.1 Å². The number of hydrogen-bond donors (Lipinski definition) is 2. The summed E-state index contributed by atoms with van der Waals surface area (Å²) in [5.41, 5.74) is 4.71. The third kappa shape index (κ3) is 3.17. The molecule has 5 rings (SSSR count). The normalized spacial score (nSPS) is 27.1. The second-order valence-corrected chi connectivity index (χ2v) is 8.83. The van der Waals surface area contributed by atoms with Crippen molar-refractivity contribution in [2.45, 2.75) is 44.1 Å². The first-order valence-electron chi connectivity index (χ1n) is 11.0. The number of carbonyl (C=O) groups excluding carboxylic acids is 1. The van der Waals surface area contributed by atoms with Gasteiger partial charge in [0.15, 0.2) is 0 Å². The number of carboxylic acid groups (broad SMARTS) is 1. The average molecular weight is 405 g/mol. The molecule has 4 atom stereocenters. The summed E-state index contributed by atoms with van der Waals surface area (Å²) < 4.78 is 5.64. The largest absolute Gasteiger partial charge is 0.481 e. The number of fused-ring (bicyclic) bond motifs is 4. The maximum atomic E-state index is 12.6. The lowest BCUT2D eigenvalue weighted by molar-refractivity contribution is -0.154. The standard InChI is InChI=1S/C25H27NO4/c27-24(28)22-19-12-2-1-3-13-20(19)23(22)26-25(29)30-14-21-17-10-6-4-8-15(17)16-9-5-7-11-18(16)21/h4-11,19-23H,1-3,12-14H2,(H,26,29)(H,27,28)/t19-,20+,22-,23+/m0/s1. The zero-order valence-electron chi connectivity index (χ0n) is 16.9. The minimum Gasteiger partial charge on any atom is -0.481 e. The fourth-order valence-electron chi connectivity index (χ4n) is 5.95. The molecule has 3 aliphatic carbocycles. The van der Waals surface area contributed by atoms with Crippen LogP contribution < -0.4 is 5.32 Å². The lowest BCUT2D eigenvalue weighted by Gasteiger charge is -2.49. The molecular weight excluding hydrogens is 378 g/mol. The highest BCUT2D eigenvalue weighted by Crippen LogP contribution is 2.49. The van der Waals surface area contributed by atoms with Gasteiger partial charge in [0.05, 0.1) is 5.92 Å². The van der Waals surface area contributed by atoms with Crippen molar-refractivity contribution in [3.05, 3.63) is 59.7 Å². The van der Waals surface area contributed by atoms with Crippen LogP contribution in [-0.2, 0) is 9.53 Å². The number of aliphatic carboxylic acids is 1. The summed E-state index contributed by atoms with van der Waals surface area (Å²) in [6.45, 7) is 0.248. The Morgan fingerprint density at radius 2 is 1.50 bits per heavy atom. The maximum absolute atomic E-state index is 12.6. The number of rotatable bonds is 4. The first-order valence-corrected chi connectivity index (χ1v) is 11.0. The first kappa shape index (κ1) is 19.2. The van der Waals surface area contributed by atoms with Gasteiger partial charge >= 0.3 is 12.1 Å². The van der Waals surface area contributed by atoms with Gasteiger partial charge in [0.1, 0.15) is 6.61 Å². The Bertz CT molecular complexity index is 926. The molecule has 2 N–H and O–H groups in total. The first-order chi connectivity index (χ1) is 14.6. The van der Waals surface area contributed by atoms with Crippen molar-refractivity contribution in [3.8, 4) is 11.1 Å². The molecule has 30 heavy (non-hydrogen) atoms. The number of amides is 1. The Hall–Kier alpha value is -2.82. The van der Waals surface area contributed by atoms with E-state index in [9.17, 15) is 14.7 Å². The van der Waals surface area contributed by atoms with Crippen LogP contribution in [-0.4, -0.2) is 29.8 Å². The molecule has 2 saturated carbocycles.